The molecule has 0 aromatic carbocycles. The van der Waals surface area contributed by atoms with E-state index in [-0.39, 0.29) is 0 Å². The summed E-state index contributed by atoms with van der Waals surface area (Å²) in [6, 6.07) is 0.341. The molecule has 0 bridgehead atoms. The fraction of sp³-hybridized carbons (Fsp3) is 0.875. The maximum atomic E-state index is 5.96. The van der Waals surface area contributed by atoms with Crippen molar-refractivity contribution in [3.8, 4) is 0 Å². The van der Waals surface area contributed by atoms with Crippen molar-refractivity contribution >= 4 is 11.8 Å². The average Bonchev–Trinajstić information content (AvgIpc) is 2.68. The smallest absolute Gasteiger partial charge is 0.209 e. The Morgan fingerprint density at radius 3 is 2.79 bits per heavy atom. The van der Waals surface area contributed by atoms with Crippen LogP contribution in [0.25, 0.3) is 0 Å². The maximum Gasteiger partial charge on any atom is 0.209 e. The van der Waals surface area contributed by atoms with Crippen LogP contribution < -0.4 is 5.73 Å². The van der Waals surface area contributed by atoms with E-state index in [0.717, 1.165) is 11.6 Å². The lowest BCUT2D eigenvalue weighted by Gasteiger charge is -2.15. The molecule has 0 spiro atoms. The van der Waals surface area contributed by atoms with Gasteiger partial charge in [0.1, 0.15) is 0 Å². The van der Waals surface area contributed by atoms with Gasteiger partial charge in [0.25, 0.3) is 0 Å². The molecule has 0 amide bonds. The molecule has 1 aliphatic carbocycles. The van der Waals surface area contributed by atoms with E-state index in [9.17, 15) is 0 Å². The highest BCUT2D eigenvalue weighted by Gasteiger charge is 2.31. The number of thioether (sulfide) groups is 1. The molecule has 1 fully saturated rings. The van der Waals surface area contributed by atoms with Gasteiger partial charge in [0.05, 0.1) is 0 Å². The van der Waals surface area contributed by atoms with Crippen molar-refractivity contribution in [3.63, 3.8) is 0 Å². The fourth-order valence-corrected chi connectivity index (χ4v) is 2.99. The Balaban J connectivity index is 2.02. The molecule has 2 N–H and O–H groups in total. The fourth-order valence-electron chi connectivity index (χ4n) is 1.78. The molecule has 3 unspecified atom stereocenters. The van der Waals surface area contributed by atoms with Crippen molar-refractivity contribution in [2.75, 3.05) is 0 Å². The third kappa shape index (κ3) is 1.76. The summed E-state index contributed by atoms with van der Waals surface area (Å²) in [7, 11) is 1.86. The quantitative estimate of drug-likeness (QED) is 0.771. The number of nitrogens with two attached hydrogens (primary N) is 1. The highest BCUT2D eigenvalue weighted by molar-refractivity contribution is 7.99. The molecule has 1 aromatic rings. The lowest BCUT2D eigenvalue weighted by molar-refractivity contribution is 0.533. The number of hydrogen-bond donors (Lipinski definition) is 1. The van der Waals surface area contributed by atoms with Crippen LogP contribution in [0.1, 0.15) is 19.8 Å². The molecule has 6 heteroatoms. The molecular formula is C8H15N5S. The first-order valence-electron chi connectivity index (χ1n) is 4.83. The van der Waals surface area contributed by atoms with E-state index < -0.39 is 0 Å². The lowest BCUT2D eigenvalue weighted by atomic mass is 10.1. The normalized spacial score (nSPS) is 32.4. The van der Waals surface area contributed by atoms with Gasteiger partial charge in [-0.05, 0) is 29.2 Å². The summed E-state index contributed by atoms with van der Waals surface area (Å²) in [5.74, 6) is 0.552. The van der Waals surface area contributed by atoms with E-state index in [0.29, 0.717) is 17.2 Å². The molecule has 0 saturated heterocycles. The van der Waals surface area contributed by atoms with Gasteiger partial charge in [-0.15, -0.1) is 5.10 Å². The van der Waals surface area contributed by atoms with E-state index in [1.54, 1.807) is 16.4 Å². The Morgan fingerprint density at radius 2 is 2.29 bits per heavy atom. The van der Waals surface area contributed by atoms with Crippen molar-refractivity contribution in [1.29, 1.82) is 0 Å². The minimum atomic E-state index is 0.341. The van der Waals surface area contributed by atoms with E-state index in [2.05, 4.69) is 22.4 Å². The maximum absolute atomic E-state index is 5.96. The van der Waals surface area contributed by atoms with Crippen molar-refractivity contribution in [2.24, 2.45) is 18.7 Å². The number of tetrazole rings is 1. The van der Waals surface area contributed by atoms with E-state index in [1.807, 2.05) is 7.05 Å². The summed E-state index contributed by atoms with van der Waals surface area (Å²) in [6.45, 7) is 2.21. The number of rotatable bonds is 2. The first kappa shape index (κ1) is 9.92. The van der Waals surface area contributed by atoms with Gasteiger partial charge in [-0.2, -0.15) is 0 Å². The Kier molecular flexibility index (Phi) is 2.73. The summed E-state index contributed by atoms with van der Waals surface area (Å²) in [5, 5.41) is 12.8. The molecule has 1 heterocycles. The summed E-state index contributed by atoms with van der Waals surface area (Å²) in [6.07, 6.45) is 2.28. The summed E-state index contributed by atoms with van der Waals surface area (Å²) < 4.78 is 1.71. The number of aromatic nitrogens is 4. The Labute approximate surface area is 87.4 Å². The topological polar surface area (TPSA) is 69.6 Å². The van der Waals surface area contributed by atoms with Gasteiger partial charge < -0.3 is 5.73 Å². The van der Waals surface area contributed by atoms with Crippen molar-refractivity contribution in [1.82, 2.24) is 20.2 Å². The molecule has 5 nitrogen and oxygen atoms in total. The zero-order chi connectivity index (χ0) is 10.1. The Bertz CT molecular complexity index is 312. The summed E-state index contributed by atoms with van der Waals surface area (Å²) in [5.41, 5.74) is 5.96. The second kappa shape index (κ2) is 3.86. The van der Waals surface area contributed by atoms with Gasteiger partial charge in [0.2, 0.25) is 5.16 Å². The standard InChI is InChI=1S/C8H15N5S/c1-5-6(9)3-4-7(5)14-8-10-11-12-13(8)2/h5-7H,3-4,9H2,1-2H3. The van der Waals surface area contributed by atoms with Crippen LogP contribution in [0, 0.1) is 5.92 Å². The monoisotopic (exact) mass is 213 g/mol. The zero-order valence-electron chi connectivity index (χ0n) is 8.42. The highest BCUT2D eigenvalue weighted by atomic mass is 32.2. The van der Waals surface area contributed by atoms with Crippen LogP contribution in [0.4, 0.5) is 0 Å². The molecule has 78 valence electrons. The largest absolute Gasteiger partial charge is 0.327 e. The van der Waals surface area contributed by atoms with Gasteiger partial charge in [-0.3, -0.25) is 0 Å². The third-order valence-corrected chi connectivity index (χ3v) is 4.41. The van der Waals surface area contributed by atoms with Crippen LogP contribution in [0.15, 0.2) is 5.16 Å². The van der Waals surface area contributed by atoms with E-state index in [4.69, 9.17) is 5.73 Å². The molecule has 1 aromatic heterocycles. The van der Waals surface area contributed by atoms with Crippen molar-refractivity contribution in [2.45, 2.75) is 36.2 Å². The highest BCUT2D eigenvalue weighted by Crippen LogP contribution is 2.36. The first-order valence-corrected chi connectivity index (χ1v) is 5.71. The molecule has 0 aliphatic heterocycles. The van der Waals surface area contributed by atoms with Crippen LogP contribution in [0.2, 0.25) is 0 Å². The van der Waals surface area contributed by atoms with Gasteiger partial charge in [0.15, 0.2) is 0 Å². The van der Waals surface area contributed by atoms with Crippen LogP contribution in [0.5, 0.6) is 0 Å². The average molecular weight is 213 g/mol. The molecule has 1 saturated carbocycles. The van der Waals surface area contributed by atoms with E-state index >= 15 is 0 Å². The molecule has 0 radical (unpaired) electrons. The number of hydrogen-bond acceptors (Lipinski definition) is 5. The second-order valence-corrected chi connectivity index (χ2v) is 5.05. The minimum Gasteiger partial charge on any atom is -0.327 e. The number of nitrogens with zero attached hydrogens (tertiary/aromatic N) is 4. The van der Waals surface area contributed by atoms with Crippen LogP contribution in [0.3, 0.4) is 0 Å². The molecule has 3 atom stereocenters. The summed E-state index contributed by atoms with van der Waals surface area (Å²) in [4.78, 5) is 0. The van der Waals surface area contributed by atoms with Crippen LogP contribution in [-0.4, -0.2) is 31.5 Å². The Morgan fingerprint density at radius 1 is 1.50 bits per heavy atom. The lowest BCUT2D eigenvalue weighted by Crippen LogP contribution is -2.26. The van der Waals surface area contributed by atoms with Crippen LogP contribution in [-0.2, 0) is 7.05 Å². The van der Waals surface area contributed by atoms with Crippen molar-refractivity contribution in [3.05, 3.63) is 0 Å². The molecular weight excluding hydrogens is 198 g/mol. The first-order chi connectivity index (χ1) is 6.68. The predicted molar refractivity (Wildman–Crippen MR) is 54.8 cm³/mol. The van der Waals surface area contributed by atoms with Crippen LogP contribution >= 0.6 is 11.8 Å². The van der Waals surface area contributed by atoms with E-state index in [1.165, 1.54) is 6.42 Å². The van der Waals surface area contributed by atoms with Gasteiger partial charge in [0, 0.05) is 18.3 Å². The second-order valence-electron chi connectivity index (χ2n) is 3.84. The van der Waals surface area contributed by atoms with Gasteiger partial charge in [-0.1, -0.05) is 18.7 Å². The number of aryl methyl sites for hydroxylation is 1. The SMILES string of the molecule is CC1C(N)CCC1Sc1nnnn1C. The predicted octanol–water partition coefficient (Wildman–Crippen LogP) is 0.428. The Hall–Kier alpha value is -0.620. The molecule has 14 heavy (non-hydrogen) atoms. The summed E-state index contributed by atoms with van der Waals surface area (Å²) >= 11 is 1.74. The van der Waals surface area contributed by atoms with Gasteiger partial charge in [-0.25, -0.2) is 4.68 Å². The third-order valence-electron chi connectivity index (χ3n) is 2.88. The zero-order valence-corrected chi connectivity index (χ0v) is 9.24. The minimum absolute atomic E-state index is 0.341. The van der Waals surface area contributed by atoms with Gasteiger partial charge >= 0.3 is 0 Å². The molecule has 1 aliphatic rings. The molecule has 2 rings (SSSR count). The van der Waals surface area contributed by atoms with Crippen molar-refractivity contribution < 1.29 is 0 Å².